The summed E-state index contributed by atoms with van der Waals surface area (Å²) in [6, 6.07) is 11.7. The van der Waals surface area contributed by atoms with Crippen LogP contribution in [0.25, 0.3) is 0 Å². The first-order chi connectivity index (χ1) is 12.5. The fraction of sp³-hybridized carbons (Fsp3) is 0.350. The van der Waals surface area contributed by atoms with Crippen molar-refractivity contribution in [1.29, 1.82) is 0 Å². The van der Waals surface area contributed by atoms with Gasteiger partial charge in [0.15, 0.2) is 0 Å². The fourth-order valence-corrected chi connectivity index (χ4v) is 3.04. The molecule has 1 saturated heterocycles. The van der Waals surface area contributed by atoms with E-state index in [4.69, 9.17) is 0 Å². The molecule has 1 aliphatic rings. The Morgan fingerprint density at radius 2 is 1.81 bits per heavy atom. The van der Waals surface area contributed by atoms with Crippen LogP contribution in [-0.4, -0.2) is 47.9 Å². The summed E-state index contributed by atoms with van der Waals surface area (Å²) in [5.74, 6) is 0.815. The van der Waals surface area contributed by atoms with Gasteiger partial charge in [-0.15, -0.1) is 0 Å². The Balaban J connectivity index is 1.56. The highest BCUT2D eigenvalue weighted by Gasteiger charge is 2.19. The minimum atomic E-state index is -0.131. The Labute approximate surface area is 153 Å². The molecule has 0 aliphatic carbocycles. The van der Waals surface area contributed by atoms with Crippen LogP contribution in [0.3, 0.4) is 0 Å². The van der Waals surface area contributed by atoms with Crippen LogP contribution in [0.5, 0.6) is 0 Å². The smallest absolute Gasteiger partial charge is 0.253 e. The molecule has 1 N–H and O–H groups in total. The molecule has 0 unspecified atom stereocenters. The quantitative estimate of drug-likeness (QED) is 0.914. The number of piperazine rings is 1. The van der Waals surface area contributed by atoms with Crippen molar-refractivity contribution in [2.24, 2.45) is 0 Å². The lowest BCUT2D eigenvalue weighted by Gasteiger charge is -2.34. The van der Waals surface area contributed by atoms with E-state index in [-0.39, 0.29) is 11.8 Å². The van der Waals surface area contributed by atoms with Gasteiger partial charge in [-0.05, 0) is 30.2 Å². The van der Waals surface area contributed by atoms with E-state index in [0.29, 0.717) is 25.2 Å². The van der Waals surface area contributed by atoms with Crippen LogP contribution in [-0.2, 0) is 11.3 Å². The van der Waals surface area contributed by atoms with E-state index in [0.717, 1.165) is 30.0 Å². The zero-order chi connectivity index (χ0) is 18.5. The summed E-state index contributed by atoms with van der Waals surface area (Å²) in [5, 5.41) is 2.94. The predicted octanol–water partition coefficient (Wildman–Crippen LogP) is 1.99. The molecule has 1 aliphatic heterocycles. The van der Waals surface area contributed by atoms with Crippen LogP contribution >= 0.6 is 0 Å². The number of carbonyl (C=O) groups is 2. The lowest BCUT2D eigenvalue weighted by Crippen LogP contribution is -2.48. The van der Waals surface area contributed by atoms with Crippen molar-refractivity contribution in [2.45, 2.75) is 20.4 Å². The Kier molecular flexibility index (Phi) is 5.51. The average molecular weight is 352 g/mol. The largest absolute Gasteiger partial charge is 0.353 e. The molecule has 3 rings (SSSR count). The monoisotopic (exact) mass is 352 g/mol. The molecule has 0 saturated carbocycles. The summed E-state index contributed by atoms with van der Waals surface area (Å²) in [7, 11) is 0. The van der Waals surface area contributed by atoms with E-state index in [1.54, 1.807) is 19.2 Å². The molecule has 0 radical (unpaired) electrons. The van der Waals surface area contributed by atoms with Crippen molar-refractivity contribution in [3.8, 4) is 0 Å². The molecule has 26 heavy (non-hydrogen) atoms. The van der Waals surface area contributed by atoms with Crippen LogP contribution in [0, 0.1) is 6.92 Å². The van der Waals surface area contributed by atoms with Gasteiger partial charge in [0.25, 0.3) is 5.91 Å². The Morgan fingerprint density at radius 1 is 1.08 bits per heavy atom. The van der Waals surface area contributed by atoms with Gasteiger partial charge in [-0.2, -0.15) is 0 Å². The van der Waals surface area contributed by atoms with Gasteiger partial charge in [0.1, 0.15) is 5.82 Å². The SMILES string of the molecule is CC(=O)N1CCN(c2ccc(C(=O)NCc3ccccc3C)cn2)CC1. The molecular formula is C20H24N4O2. The molecule has 0 bridgehead atoms. The Bertz CT molecular complexity index is 781. The number of anilines is 1. The van der Waals surface area contributed by atoms with Crippen LogP contribution in [0.15, 0.2) is 42.6 Å². The third-order valence-electron chi connectivity index (χ3n) is 4.76. The highest BCUT2D eigenvalue weighted by atomic mass is 16.2. The van der Waals surface area contributed by atoms with Crippen LogP contribution in [0.4, 0.5) is 5.82 Å². The average Bonchev–Trinajstić information content (AvgIpc) is 2.67. The first kappa shape index (κ1) is 17.9. The highest BCUT2D eigenvalue weighted by molar-refractivity contribution is 5.94. The van der Waals surface area contributed by atoms with Gasteiger partial charge in [-0.3, -0.25) is 9.59 Å². The summed E-state index contributed by atoms with van der Waals surface area (Å²) in [6.45, 7) is 7.05. The van der Waals surface area contributed by atoms with E-state index >= 15 is 0 Å². The third-order valence-corrected chi connectivity index (χ3v) is 4.76. The van der Waals surface area contributed by atoms with Gasteiger partial charge in [0.05, 0.1) is 5.56 Å². The molecule has 6 heteroatoms. The molecule has 2 amide bonds. The van der Waals surface area contributed by atoms with Gasteiger partial charge in [0.2, 0.25) is 5.91 Å². The number of nitrogens with one attached hydrogen (secondary N) is 1. The molecular weight excluding hydrogens is 328 g/mol. The number of benzene rings is 1. The maximum atomic E-state index is 12.3. The van der Waals surface area contributed by atoms with Gasteiger partial charge in [0, 0.05) is 45.8 Å². The summed E-state index contributed by atoms with van der Waals surface area (Å²) < 4.78 is 0. The maximum Gasteiger partial charge on any atom is 0.253 e. The number of aromatic nitrogens is 1. The van der Waals surface area contributed by atoms with E-state index in [9.17, 15) is 9.59 Å². The van der Waals surface area contributed by atoms with E-state index in [1.165, 1.54) is 0 Å². The minimum absolute atomic E-state index is 0.110. The second-order valence-corrected chi connectivity index (χ2v) is 6.51. The van der Waals surface area contributed by atoms with Crippen molar-refractivity contribution in [3.63, 3.8) is 0 Å². The predicted molar refractivity (Wildman–Crippen MR) is 101 cm³/mol. The molecule has 1 aromatic carbocycles. The zero-order valence-corrected chi connectivity index (χ0v) is 15.2. The molecule has 2 heterocycles. The van der Waals surface area contributed by atoms with E-state index in [1.807, 2.05) is 42.2 Å². The summed E-state index contributed by atoms with van der Waals surface area (Å²) in [6.07, 6.45) is 1.61. The minimum Gasteiger partial charge on any atom is -0.353 e. The number of nitrogens with zero attached hydrogens (tertiary/aromatic N) is 3. The zero-order valence-electron chi connectivity index (χ0n) is 15.2. The fourth-order valence-electron chi connectivity index (χ4n) is 3.04. The van der Waals surface area contributed by atoms with Crippen molar-refractivity contribution in [3.05, 3.63) is 59.3 Å². The lowest BCUT2D eigenvalue weighted by molar-refractivity contribution is -0.129. The molecule has 6 nitrogen and oxygen atoms in total. The Morgan fingerprint density at radius 3 is 2.42 bits per heavy atom. The summed E-state index contributed by atoms with van der Waals surface area (Å²) >= 11 is 0. The van der Waals surface area contributed by atoms with Crippen molar-refractivity contribution < 1.29 is 9.59 Å². The van der Waals surface area contributed by atoms with Crippen LogP contribution < -0.4 is 10.2 Å². The standard InChI is InChI=1S/C20H24N4O2/c1-15-5-3-4-6-17(15)13-22-20(26)18-7-8-19(21-14-18)24-11-9-23(10-12-24)16(2)25/h3-8,14H,9-13H2,1-2H3,(H,22,26). The topological polar surface area (TPSA) is 65.5 Å². The van der Waals surface area contributed by atoms with E-state index in [2.05, 4.69) is 15.2 Å². The molecule has 0 spiro atoms. The number of hydrogen-bond acceptors (Lipinski definition) is 4. The number of rotatable bonds is 4. The van der Waals surface area contributed by atoms with Gasteiger partial charge in [-0.1, -0.05) is 24.3 Å². The number of hydrogen-bond donors (Lipinski definition) is 1. The molecule has 136 valence electrons. The first-order valence-corrected chi connectivity index (χ1v) is 8.84. The first-order valence-electron chi connectivity index (χ1n) is 8.84. The van der Waals surface area contributed by atoms with Crippen LogP contribution in [0.2, 0.25) is 0 Å². The molecule has 1 aromatic heterocycles. The van der Waals surface area contributed by atoms with Crippen molar-refractivity contribution in [2.75, 3.05) is 31.1 Å². The molecule has 2 aromatic rings. The van der Waals surface area contributed by atoms with Gasteiger partial charge in [-0.25, -0.2) is 4.98 Å². The second-order valence-electron chi connectivity index (χ2n) is 6.51. The van der Waals surface area contributed by atoms with Crippen LogP contribution in [0.1, 0.15) is 28.4 Å². The number of pyridine rings is 1. The van der Waals surface area contributed by atoms with Crippen molar-refractivity contribution in [1.82, 2.24) is 15.2 Å². The second kappa shape index (κ2) is 7.99. The van der Waals surface area contributed by atoms with Gasteiger partial charge < -0.3 is 15.1 Å². The Hall–Kier alpha value is -2.89. The van der Waals surface area contributed by atoms with Crippen molar-refractivity contribution >= 4 is 17.6 Å². The molecule has 1 fully saturated rings. The maximum absolute atomic E-state index is 12.3. The summed E-state index contributed by atoms with van der Waals surface area (Å²) in [5.41, 5.74) is 2.81. The highest BCUT2D eigenvalue weighted by Crippen LogP contribution is 2.14. The number of amides is 2. The number of carbonyl (C=O) groups excluding carboxylic acids is 2. The summed E-state index contributed by atoms with van der Waals surface area (Å²) in [4.78, 5) is 32.1. The normalized spacial score (nSPS) is 14.2. The van der Waals surface area contributed by atoms with E-state index < -0.39 is 0 Å². The molecule has 0 atom stereocenters. The lowest BCUT2D eigenvalue weighted by atomic mass is 10.1. The van der Waals surface area contributed by atoms with Gasteiger partial charge >= 0.3 is 0 Å². The third kappa shape index (κ3) is 4.20. The number of aryl methyl sites for hydroxylation is 1.